The molecule has 2 N–H and O–H groups in total. The molecular weight excluding hydrogens is 210 g/mol. The zero-order chi connectivity index (χ0) is 11.9. The summed E-state index contributed by atoms with van der Waals surface area (Å²) in [6, 6.07) is 8.46. The number of nitrogens with two attached hydrogens (primary N) is 1. The molecule has 92 valence electrons. The van der Waals surface area contributed by atoms with Crippen LogP contribution in [0, 0.1) is 5.41 Å². The van der Waals surface area contributed by atoms with Crippen molar-refractivity contribution >= 4 is 0 Å². The van der Waals surface area contributed by atoms with Gasteiger partial charge < -0.3 is 10.5 Å². The van der Waals surface area contributed by atoms with Crippen LogP contribution in [0.4, 0.5) is 0 Å². The Hall–Kier alpha value is -1.02. The van der Waals surface area contributed by atoms with Crippen molar-refractivity contribution < 1.29 is 4.74 Å². The van der Waals surface area contributed by atoms with Crippen LogP contribution in [-0.2, 0) is 5.41 Å². The third-order valence-corrected chi connectivity index (χ3v) is 4.91. The van der Waals surface area contributed by atoms with Gasteiger partial charge in [0.1, 0.15) is 5.75 Å². The predicted octanol–water partition coefficient (Wildman–Crippen LogP) is 2.86. The van der Waals surface area contributed by atoms with Crippen molar-refractivity contribution in [3.05, 3.63) is 29.8 Å². The minimum Gasteiger partial charge on any atom is -0.497 e. The van der Waals surface area contributed by atoms with Gasteiger partial charge in [-0.3, -0.25) is 0 Å². The van der Waals surface area contributed by atoms with E-state index < -0.39 is 0 Å². The largest absolute Gasteiger partial charge is 0.497 e. The third-order valence-electron chi connectivity index (χ3n) is 4.91. The number of benzene rings is 1. The number of hydrogen-bond acceptors (Lipinski definition) is 2. The SMILES string of the molecule is COc1cccc(C2(CN)CC3(CCC3)C2)c1. The van der Waals surface area contributed by atoms with Gasteiger partial charge in [0, 0.05) is 12.0 Å². The standard InChI is InChI=1S/C15H21NO/c1-17-13-5-2-4-12(8-13)15(11-16)9-14(10-15)6-3-7-14/h2,4-5,8H,3,6-7,9-11,16H2,1H3. The van der Waals surface area contributed by atoms with Crippen LogP contribution in [0.1, 0.15) is 37.7 Å². The van der Waals surface area contributed by atoms with Gasteiger partial charge in [-0.05, 0) is 48.8 Å². The van der Waals surface area contributed by atoms with Crippen LogP contribution in [0.25, 0.3) is 0 Å². The van der Waals surface area contributed by atoms with Gasteiger partial charge in [-0.25, -0.2) is 0 Å². The van der Waals surface area contributed by atoms with E-state index >= 15 is 0 Å². The maximum Gasteiger partial charge on any atom is 0.119 e. The average Bonchev–Trinajstić information content (AvgIpc) is 2.27. The fraction of sp³-hybridized carbons (Fsp3) is 0.600. The second-order valence-electron chi connectivity index (χ2n) is 5.92. The zero-order valence-corrected chi connectivity index (χ0v) is 10.5. The van der Waals surface area contributed by atoms with Gasteiger partial charge in [-0.1, -0.05) is 18.6 Å². The highest BCUT2D eigenvalue weighted by Gasteiger charge is 2.56. The van der Waals surface area contributed by atoms with Gasteiger partial charge in [0.25, 0.3) is 0 Å². The highest BCUT2D eigenvalue weighted by atomic mass is 16.5. The monoisotopic (exact) mass is 231 g/mol. The van der Waals surface area contributed by atoms with Crippen molar-refractivity contribution in [1.82, 2.24) is 0 Å². The van der Waals surface area contributed by atoms with Gasteiger partial charge in [-0.15, -0.1) is 0 Å². The van der Waals surface area contributed by atoms with E-state index in [1.807, 2.05) is 6.07 Å². The molecule has 17 heavy (non-hydrogen) atoms. The van der Waals surface area contributed by atoms with Gasteiger partial charge in [0.2, 0.25) is 0 Å². The van der Waals surface area contributed by atoms with Gasteiger partial charge in [0.15, 0.2) is 0 Å². The first-order chi connectivity index (χ1) is 8.22. The summed E-state index contributed by atoms with van der Waals surface area (Å²) >= 11 is 0. The molecule has 0 heterocycles. The van der Waals surface area contributed by atoms with E-state index in [4.69, 9.17) is 10.5 Å². The van der Waals surface area contributed by atoms with E-state index in [1.54, 1.807) is 7.11 Å². The lowest BCUT2D eigenvalue weighted by Crippen LogP contribution is -2.56. The molecule has 1 spiro atoms. The molecular formula is C15H21NO. The Morgan fingerprint density at radius 2 is 2.06 bits per heavy atom. The van der Waals surface area contributed by atoms with E-state index in [-0.39, 0.29) is 5.41 Å². The van der Waals surface area contributed by atoms with Crippen LogP contribution < -0.4 is 10.5 Å². The third kappa shape index (κ3) is 1.58. The summed E-state index contributed by atoms with van der Waals surface area (Å²) < 4.78 is 5.31. The quantitative estimate of drug-likeness (QED) is 0.868. The maximum atomic E-state index is 6.05. The van der Waals surface area contributed by atoms with E-state index in [2.05, 4.69) is 18.2 Å². The lowest BCUT2D eigenvalue weighted by atomic mass is 9.44. The molecule has 1 aromatic carbocycles. The minimum absolute atomic E-state index is 0.231. The van der Waals surface area contributed by atoms with Gasteiger partial charge in [-0.2, -0.15) is 0 Å². The Balaban J connectivity index is 1.85. The molecule has 0 saturated heterocycles. The molecule has 3 rings (SSSR count). The van der Waals surface area contributed by atoms with Crippen molar-refractivity contribution in [2.24, 2.45) is 11.1 Å². The topological polar surface area (TPSA) is 35.2 Å². The van der Waals surface area contributed by atoms with Crippen LogP contribution in [0.3, 0.4) is 0 Å². The molecule has 2 aliphatic carbocycles. The summed E-state index contributed by atoms with van der Waals surface area (Å²) in [6.45, 7) is 0.766. The Morgan fingerprint density at radius 3 is 2.59 bits per heavy atom. The molecule has 0 aliphatic heterocycles. The van der Waals surface area contributed by atoms with Gasteiger partial charge >= 0.3 is 0 Å². The van der Waals surface area contributed by atoms with Crippen molar-refractivity contribution in [2.45, 2.75) is 37.5 Å². The molecule has 2 heteroatoms. The summed E-state index contributed by atoms with van der Waals surface area (Å²) in [6.07, 6.45) is 6.81. The first-order valence-electron chi connectivity index (χ1n) is 6.57. The van der Waals surface area contributed by atoms with Crippen molar-refractivity contribution in [2.75, 3.05) is 13.7 Å². The molecule has 2 fully saturated rings. The zero-order valence-electron chi connectivity index (χ0n) is 10.5. The number of rotatable bonds is 3. The van der Waals surface area contributed by atoms with Crippen LogP contribution >= 0.6 is 0 Å². The van der Waals surface area contributed by atoms with Crippen molar-refractivity contribution in [1.29, 1.82) is 0 Å². The van der Waals surface area contributed by atoms with Crippen molar-refractivity contribution in [3.8, 4) is 5.75 Å². The van der Waals surface area contributed by atoms with E-state index in [0.717, 1.165) is 12.3 Å². The predicted molar refractivity (Wildman–Crippen MR) is 69.2 cm³/mol. The first-order valence-corrected chi connectivity index (χ1v) is 6.57. The lowest BCUT2D eigenvalue weighted by molar-refractivity contribution is -0.0447. The number of ether oxygens (including phenoxy) is 1. The molecule has 2 aliphatic rings. The highest BCUT2D eigenvalue weighted by Crippen LogP contribution is 2.64. The van der Waals surface area contributed by atoms with E-state index in [0.29, 0.717) is 5.41 Å². The molecule has 0 aromatic heterocycles. The lowest BCUT2D eigenvalue weighted by Gasteiger charge is -2.61. The van der Waals surface area contributed by atoms with Crippen LogP contribution in [-0.4, -0.2) is 13.7 Å². The Kier molecular flexibility index (Phi) is 2.44. The smallest absolute Gasteiger partial charge is 0.119 e. The fourth-order valence-corrected chi connectivity index (χ4v) is 3.83. The first kappa shape index (κ1) is 11.1. The molecule has 2 saturated carbocycles. The Labute approximate surface area is 103 Å². The minimum atomic E-state index is 0.231. The molecule has 2 nitrogen and oxygen atoms in total. The molecule has 1 aromatic rings. The molecule has 0 bridgehead atoms. The molecule has 0 radical (unpaired) electrons. The number of methoxy groups -OCH3 is 1. The fourth-order valence-electron chi connectivity index (χ4n) is 3.83. The van der Waals surface area contributed by atoms with Crippen LogP contribution in [0.2, 0.25) is 0 Å². The second-order valence-corrected chi connectivity index (χ2v) is 5.92. The Bertz CT molecular complexity index is 415. The summed E-state index contributed by atoms with van der Waals surface area (Å²) in [5.74, 6) is 0.949. The van der Waals surface area contributed by atoms with E-state index in [9.17, 15) is 0 Å². The van der Waals surface area contributed by atoms with E-state index in [1.165, 1.54) is 37.7 Å². The molecule has 0 unspecified atom stereocenters. The highest BCUT2D eigenvalue weighted by molar-refractivity contribution is 5.37. The average molecular weight is 231 g/mol. The van der Waals surface area contributed by atoms with Crippen molar-refractivity contribution in [3.63, 3.8) is 0 Å². The van der Waals surface area contributed by atoms with Crippen LogP contribution in [0.15, 0.2) is 24.3 Å². The normalized spacial score (nSPS) is 23.9. The second kappa shape index (κ2) is 3.74. The summed E-state index contributed by atoms with van der Waals surface area (Å²) in [4.78, 5) is 0. The molecule has 0 atom stereocenters. The Morgan fingerprint density at radius 1 is 1.29 bits per heavy atom. The summed E-state index contributed by atoms with van der Waals surface area (Å²) in [5.41, 5.74) is 8.31. The molecule has 0 amide bonds. The van der Waals surface area contributed by atoms with Crippen LogP contribution in [0.5, 0.6) is 5.75 Å². The number of hydrogen-bond donors (Lipinski definition) is 1. The summed E-state index contributed by atoms with van der Waals surface area (Å²) in [5, 5.41) is 0. The maximum absolute atomic E-state index is 6.05. The summed E-state index contributed by atoms with van der Waals surface area (Å²) in [7, 11) is 1.72. The van der Waals surface area contributed by atoms with Gasteiger partial charge in [0.05, 0.1) is 7.11 Å².